The number of nitrogen functional groups attached to an aromatic ring is 1. The van der Waals surface area contributed by atoms with Gasteiger partial charge in [-0.05, 0) is 31.0 Å². The smallest absolute Gasteiger partial charge is 0.205 e. The molecular weight excluding hydrogens is 328 g/mol. The van der Waals surface area contributed by atoms with E-state index in [0.717, 1.165) is 15.6 Å². The fourth-order valence-corrected chi connectivity index (χ4v) is 2.64. The molecule has 7 heteroatoms. The number of phenolic OH excluding ortho intramolecular Hbond substituents is 1. The molecule has 2 aromatic rings. The summed E-state index contributed by atoms with van der Waals surface area (Å²) >= 11 is 4.82. The molecule has 1 heterocycles. The Balaban J connectivity index is 2.23. The molecule has 0 fully saturated rings. The van der Waals surface area contributed by atoms with Crippen LogP contribution in [0, 0.1) is 13.8 Å². The standard InChI is InChI=1S/C12H13BrN4OS/c1-6-3-9(13)7(2)8(11(6)18)4-15-17-12-16-10(14)5-19-12/h3-5,18H,14H2,1-2H3,(H,16,17). The number of nitrogens with one attached hydrogen (secondary N) is 1. The maximum absolute atomic E-state index is 10.0. The number of hydrogen-bond acceptors (Lipinski definition) is 6. The van der Waals surface area contributed by atoms with Gasteiger partial charge in [0.25, 0.3) is 0 Å². The first-order valence-corrected chi connectivity index (χ1v) is 7.15. The molecule has 5 nitrogen and oxygen atoms in total. The number of nitrogens with two attached hydrogens (primary N) is 1. The number of anilines is 2. The van der Waals surface area contributed by atoms with Crippen LogP contribution in [0.1, 0.15) is 16.7 Å². The molecule has 0 atom stereocenters. The second-order valence-electron chi connectivity index (χ2n) is 4.01. The zero-order valence-corrected chi connectivity index (χ0v) is 12.8. The van der Waals surface area contributed by atoms with Gasteiger partial charge in [0.1, 0.15) is 11.6 Å². The summed E-state index contributed by atoms with van der Waals surface area (Å²) in [6.07, 6.45) is 1.57. The number of hydrogen-bond donors (Lipinski definition) is 3. The van der Waals surface area contributed by atoms with Crippen LogP contribution in [0.15, 0.2) is 21.0 Å². The molecule has 19 heavy (non-hydrogen) atoms. The summed E-state index contributed by atoms with van der Waals surface area (Å²) in [6, 6.07) is 1.87. The third-order valence-electron chi connectivity index (χ3n) is 2.61. The first kappa shape index (κ1) is 13.8. The number of aromatic hydroxyl groups is 1. The number of phenols is 1. The second kappa shape index (κ2) is 5.58. The minimum atomic E-state index is 0.227. The van der Waals surface area contributed by atoms with Crippen molar-refractivity contribution in [2.45, 2.75) is 13.8 Å². The SMILES string of the molecule is Cc1cc(Br)c(C)c(C=NNc2nc(N)cs2)c1O. The van der Waals surface area contributed by atoms with E-state index in [1.165, 1.54) is 11.3 Å². The van der Waals surface area contributed by atoms with Gasteiger partial charge in [0.15, 0.2) is 0 Å². The highest BCUT2D eigenvalue weighted by Crippen LogP contribution is 2.30. The number of aromatic nitrogens is 1. The van der Waals surface area contributed by atoms with Crippen molar-refractivity contribution >= 4 is 44.4 Å². The minimum absolute atomic E-state index is 0.227. The Morgan fingerprint density at radius 1 is 1.53 bits per heavy atom. The van der Waals surface area contributed by atoms with E-state index in [1.54, 1.807) is 11.6 Å². The first-order valence-electron chi connectivity index (χ1n) is 5.47. The van der Waals surface area contributed by atoms with Crippen LogP contribution in [-0.2, 0) is 0 Å². The van der Waals surface area contributed by atoms with Crippen molar-refractivity contribution < 1.29 is 5.11 Å². The third-order valence-corrected chi connectivity index (χ3v) is 4.20. The number of rotatable bonds is 3. The quantitative estimate of drug-likeness (QED) is 0.591. The van der Waals surface area contributed by atoms with Crippen LogP contribution in [0.3, 0.4) is 0 Å². The van der Waals surface area contributed by atoms with E-state index >= 15 is 0 Å². The van der Waals surface area contributed by atoms with Gasteiger partial charge in [-0.3, -0.25) is 5.43 Å². The molecule has 0 aliphatic heterocycles. The van der Waals surface area contributed by atoms with Gasteiger partial charge in [-0.1, -0.05) is 15.9 Å². The summed E-state index contributed by atoms with van der Waals surface area (Å²) in [4.78, 5) is 4.02. The number of hydrazone groups is 1. The van der Waals surface area contributed by atoms with Crippen molar-refractivity contribution in [2.24, 2.45) is 5.10 Å². The fraction of sp³-hybridized carbons (Fsp3) is 0.167. The van der Waals surface area contributed by atoms with E-state index in [9.17, 15) is 5.11 Å². The summed E-state index contributed by atoms with van der Waals surface area (Å²) < 4.78 is 0.933. The Labute approximate surface area is 123 Å². The highest BCUT2D eigenvalue weighted by atomic mass is 79.9. The van der Waals surface area contributed by atoms with Crippen LogP contribution in [0.5, 0.6) is 5.75 Å². The van der Waals surface area contributed by atoms with E-state index in [-0.39, 0.29) is 5.75 Å². The van der Waals surface area contributed by atoms with E-state index in [0.29, 0.717) is 16.5 Å². The molecule has 1 aromatic carbocycles. The molecule has 1 aromatic heterocycles. The lowest BCUT2D eigenvalue weighted by molar-refractivity contribution is 0.469. The summed E-state index contributed by atoms with van der Waals surface area (Å²) in [7, 11) is 0. The van der Waals surface area contributed by atoms with E-state index in [4.69, 9.17) is 5.73 Å². The van der Waals surface area contributed by atoms with Crippen molar-refractivity contribution in [1.29, 1.82) is 0 Å². The topological polar surface area (TPSA) is 83.5 Å². The van der Waals surface area contributed by atoms with E-state index in [2.05, 4.69) is 31.4 Å². The lowest BCUT2D eigenvalue weighted by Crippen LogP contribution is -1.96. The molecular formula is C12H13BrN4OS. The van der Waals surface area contributed by atoms with Gasteiger partial charge in [-0.15, -0.1) is 11.3 Å². The minimum Gasteiger partial charge on any atom is -0.507 e. The average Bonchev–Trinajstić information content (AvgIpc) is 2.77. The molecule has 0 unspecified atom stereocenters. The molecule has 0 amide bonds. The molecule has 0 saturated heterocycles. The lowest BCUT2D eigenvalue weighted by Gasteiger charge is -2.08. The third kappa shape index (κ3) is 3.05. The number of nitrogens with zero attached hydrogens (tertiary/aromatic N) is 2. The Hall–Kier alpha value is -1.60. The predicted octanol–water partition coefficient (Wildman–Crippen LogP) is 3.26. The zero-order chi connectivity index (χ0) is 14.0. The normalized spacial score (nSPS) is 11.1. The van der Waals surface area contributed by atoms with Crippen molar-refractivity contribution in [3.05, 3.63) is 32.6 Å². The molecule has 0 aliphatic carbocycles. The molecule has 2 rings (SSSR count). The molecule has 4 N–H and O–H groups in total. The highest BCUT2D eigenvalue weighted by molar-refractivity contribution is 9.10. The molecule has 0 radical (unpaired) electrons. The van der Waals surface area contributed by atoms with Crippen molar-refractivity contribution in [3.8, 4) is 5.75 Å². The maximum atomic E-state index is 10.0. The number of thiazole rings is 1. The van der Waals surface area contributed by atoms with Gasteiger partial charge in [0.05, 0.1) is 6.21 Å². The number of halogens is 1. The van der Waals surface area contributed by atoms with Crippen LogP contribution in [0.25, 0.3) is 0 Å². The highest BCUT2D eigenvalue weighted by Gasteiger charge is 2.09. The first-order chi connectivity index (χ1) is 8.99. The van der Waals surface area contributed by atoms with Gasteiger partial charge in [-0.25, -0.2) is 4.98 Å². The fourth-order valence-electron chi connectivity index (χ4n) is 1.53. The molecule has 0 bridgehead atoms. The monoisotopic (exact) mass is 340 g/mol. The Morgan fingerprint density at radius 3 is 2.89 bits per heavy atom. The van der Waals surface area contributed by atoms with Crippen LogP contribution >= 0.6 is 27.3 Å². The number of aryl methyl sites for hydroxylation is 1. The zero-order valence-electron chi connectivity index (χ0n) is 10.4. The molecule has 0 saturated carbocycles. The molecule has 100 valence electrons. The molecule has 0 spiro atoms. The van der Waals surface area contributed by atoms with Gasteiger partial charge < -0.3 is 10.8 Å². The Morgan fingerprint density at radius 2 is 2.26 bits per heavy atom. The number of benzene rings is 1. The summed E-state index contributed by atoms with van der Waals surface area (Å²) in [6.45, 7) is 3.75. The Kier molecular flexibility index (Phi) is 4.06. The van der Waals surface area contributed by atoms with Crippen molar-refractivity contribution in [1.82, 2.24) is 4.98 Å². The van der Waals surface area contributed by atoms with Gasteiger partial charge in [0, 0.05) is 15.4 Å². The van der Waals surface area contributed by atoms with Gasteiger partial charge in [-0.2, -0.15) is 5.10 Å². The summed E-state index contributed by atoms with van der Waals surface area (Å²) in [5.74, 6) is 0.685. The Bertz CT molecular complexity index is 613. The van der Waals surface area contributed by atoms with E-state index < -0.39 is 0 Å². The average molecular weight is 341 g/mol. The van der Waals surface area contributed by atoms with Crippen LogP contribution in [-0.4, -0.2) is 16.3 Å². The van der Waals surface area contributed by atoms with Crippen LogP contribution in [0.4, 0.5) is 10.9 Å². The summed E-state index contributed by atoms with van der Waals surface area (Å²) in [5.41, 5.74) is 10.7. The van der Waals surface area contributed by atoms with Crippen LogP contribution in [0.2, 0.25) is 0 Å². The van der Waals surface area contributed by atoms with Gasteiger partial charge >= 0.3 is 0 Å². The predicted molar refractivity (Wildman–Crippen MR) is 83.0 cm³/mol. The van der Waals surface area contributed by atoms with Crippen LogP contribution < -0.4 is 11.2 Å². The summed E-state index contributed by atoms with van der Waals surface area (Å²) in [5, 5.41) is 16.4. The second-order valence-corrected chi connectivity index (χ2v) is 5.72. The van der Waals surface area contributed by atoms with Crippen molar-refractivity contribution in [2.75, 3.05) is 11.2 Å². The largest absolute Gasteiger partial charge is 0.507 e. The van der Waals surface area contributed by atoms with Crippen molar-refractivity contribution in [3.63, 3.8) is 0 Å². The van der Waals surface area contributed by atoms with E-state index in [1.807, 2.05) is 19.9 Å². The van der Waals surface area contributed by atoms with Gasteiger partial charge in [0.2, 0.25) is 5.13 Å². The molecule has 0 aliphatic rings. The maximum Gasteiger partial charge on any atom is 0.205 e. The lowest BCUT2D eigenvalue weighted by atomic mass is 10.0.